The summed E-state index contributed by atoms with van der Waals surface area (Å²) >= 11 is 0. The first-order chi connectivity index (χ1) is 9.58. The number of benzene rings is 2. The van der Waals surface area contributed by atoms with Crippen LogP contribution in [0.5, 0.6) is 0 Å². The van der Waals surface area contributed by atoms with Gasteiger partial charge in [-0.15, -0.1) is 0 Å². The minimum absolute atomic E-state index is 0.0459. The van der Waals surface area contributed by atoms with Gasteiger partial charge in [-0.1, -0.05) is 55.5 Å². The summed E-state index contributed by atoms with van der Waals surface area (Å²) in [5, 5.41) is 8.93. The second-order valence-corrected chi connectivity index (χ2v) is 4.84. The van der Waals surface area contributed by atoms with Gasteiger partial charge in [-0.25, -0.2) is 0 Å². The SMILES string of the molecule is CC(Cc1cccc(C(=O)c2ccccc2)c1)C(=O)O. The van der Waals surface area contributed by atoms with E-state index < -0.39 is 11.9 Å². The molecular formula is C17H16O3. The molecule has 102 valence electrons. The molecule has 3 nitrogen and oxygen atoms in total. The summed E-state index contributed by atoms with van der Waals surface area (Å²) in [7, 11) is 0. The number of carbonyl (C=O) groups excluding carboxylic acids is 1. The van der Waals surface area contributed by atoms with Crippen LogP contribution in [-0.4, -0.2) is 16.9 Å². The molecule has 0 saturated carbocycles. The molecule has 3 heteroatoms. The van der Waals surface area contributed by atoms with E-state index in [1.165, 1.54) is 0 Å². The number of aliphatic carboxylic acids is 1. The second-order valence-electron chi connectivity index (χ2n) is 4.84. The first-order valence-corrected chi connectivity index (χ1v) is 6.49. The molecule has 2 aromatic rings. The van der Waals surface area contributed by atoms with Crippen LogP contribution >= 0.6 is 0 Å². The normalized spacial score (nSPS) is 11.8. The van der Waals surface area contributed by atoms with Gasteiger partial charge in [0.1, 0.15) is 0 Å². The summed E-state index contributed by atoms with van der Waals surface area (Å²) in [6.45, 7) is 1.66. The fraction of sp³-hybridized carbons (Fsp3) is 0.176. The Hall–Kier alpha value is -2.42. The van der Waals surface area contributed by atoms with Crippen molar-refractivity contribution >= 4 is 11.8 Å². The quantitative estimate of drug-likeness (QED) is 0.847. The van der Waals surface area contributed by atoms with Gasteiger partial charge in [0.25, 0.3) is 0 Å². The van der Waals surface area contributed by atoms with Crippen molar-refractivity contribution in [1.29, 1.82) is 0 Å². The van der Waals surface area contributed by atoms with E-state index in [4.69, 9.17) is 5.11 Å². The van der Waals surface area contributed by atoms with Crippen molar-refractivity contribution in [1.82, 2.24) is 0 Å². The summed E-state index contributed by atoms with van der Waals surface area (Å²) in [4.78, 5) is 23.2. The molecule has 2 rings (SSSR count). The molecule has 0 radical (unpaired) electrons. The molecule has 0 aliphatic carbocycles. The summed E-state index contributed by atoms with van der Waals surface area (Å²) < 4.78 is 0. The van der Waals surface area contributed by atoms with E-state index in [1.807, 2.05) is 24.3 Å². The highest BCUT2D eigenvalue weighted by atomic mass is 16.4. The predicted molar refractivity (Wildman–Crippen MR) is 76.8 cm³/mol. The van der Waals surface area contributed by atoms with E-state index in [2.05, 4.69) is 0 Å². The molecule has 0 aromatic heterocycles. The topological polar surface area (TPSA) is 54.4 Å². The van der Waals surface area contributed by atoms with Gasteiger partial charge in [0.2, 0.25) is 0 Å². The van der Waals surface area contributed by atoms with Gasteiger partial charge in [-0.2, -0.15) is 0 Å². The molecule has 0 aliphatic rings. The minimum atomic E-state index is -0.829. The maximum Gasteiger partial charge on any atom is 0.306 e. The van der Waals surface area contributed by atoms with Crippen LogP contribution in [0.15, 0.2) is 54.6 Å². The first kappa shape index (κ1) is 14.0. The Morgan fingerprint density at radius 3 is 2.30 bits per heavy atom. The fourth-order valence-corrected chi connectivity index (χ4v) is 2.04. The van der Waals surface area contributed by atoms with Crippen molar-refractivity contribution in [3.05, 3.63) is 71.3 Å². The Labute approximate surface area is 117 Å². The zero-order valence-corrected chi connectivity index (χ0v) is 11.2. The van der Waals surface area contributed by atoms with E-state index in [0.29, 0.717) is 17.5 Å². The lowest BCUT2D eigenvalue weighted by Gasteiger charge is -2.08. The van der Waals surface area contributed by atoms with Gasteiger partial charge in [0.05, 0.1) is 5.92 Å². The van der Waals surface area contributed by atoms with Gasteiger partial charge in [-0.3, -0.25) is 9.59 Å². The van der Waals surface area contributed by atoms with Crippen molar-refractivity contribution in [2.45, 2.75) is 13.3 Å². The minimum Gasteiger partial charge on any atom is -0.481 e. The highest BCUT2D eigenvalue weighted by Gasteiger charge is 2.13. The van der Waals surface area contributed by atoms with Crippen molar-refractivity contribution in [3.8, 4) is 0 Å². The average molecular weight is 268 g/mol. The van der Waals surface area contributed by atoms with E-state index in [1.54, 1.807) is 37.3 Å². The van der Waals surface area contributed by atoms with Crippen LogP contribution in [0.3, 0.4) is 0 Å². The Morgan fingerprint density at radius 1 is 1.00 bits per heavy atom. The van der Waals surface area contributed by atoms with Crippen LogP contribution in [-0.2, 0) is 11.2 Å². The molecule has 0 spiro atoms. The second kappa shape index (κ2) is 6.15. The Balaban J connectivity index is 2.22. The number of carboxylic acids is 1. The molecule has 20 heavy (non-hydrogen) atoms. The van der Waals surface area contributed by atoms with Gasteiger partial charge in [0, 0.05) is 11.1 Å². The number of hydrogen-bond acceptors (Lipinski definition) is 2. The molecule has 0 amide bonds. The van der Waals surface area contributed by atoms with Gasteiger partial charge in [-0.05, 0) is 18.1 Å². The molecule has 0 bridgehead atoms. The van der Waals surface area contributed by atoms with Crippen LogP contribution < -0.4 is 0 Å². The Kier molecular flexibility index (Phi) is 4.31. The number of hydrogen-bond donors (Lipinski definition) is 1. The zero-order valence-electron chi connectivity index (χ0n) is 11.2. The van der Waals surface area contributed by atoms with Crippen LogP contribution in [0.1, 0.15) is 28.4 Å². The molecule has 0 saturated heterocycles. The van der Waals surface area contributed by atoms with E-state index in [9.17, 15) is 9.59 Å². The molecule has 0 fully saturated rings. The van der Waals surface area contributed by atoms with Crippen molar-refractivity contribution in [3.63, 3.8) is 0 Å². The van der Waals surface area contributed by atoms with E-state index >= 15 is 0 Å². The third-order valence-electron chi connectivity index (χ3n) is 3.19. The van der Waals surface area contributed by atoms with Gasteiger partial charge < -0.3 is 5.11 Å². The maximum absolute atomic E-state index is 12.3. The van der Waals surface area contributed by atoms with E-state index in [-0.39, 0.29) is 5.78 Å². The van der Waals surface area contributed by atoms with Crippen LogP contribution in [0.2, 0.25) is 0 Å². The number of carboxylic acid groups (broad SMARTS) is 1. The van der Waals surface area contributed by atoms with E-state index in [0.717, 1.165) is 5.56 Å². The molecule has 1 unspecified atom stereocenters. The third kappa shape index (κ3) is 3.32. The van der Waals surface area contributed by atoms with Crippen molar-refractivity contribution < 1.29 is 14.7 Å². The number of ketones is 1. The largest absolute Gasteiger partial charge is 0.481 e. The average Bonchev–Trinajstić information content (AvgIpc) is 2.47. The van der Waals surface area contributed by atoms with Crippen LogP contribution in [0.4, 0.5) is 0 Å². The Bertz CT molecular complexity index is 617. The first-order valence-electron chi connectivity index (χ1n) is 6.49. The number of carbonyl (C=O) groups is 2. The molecule has 1 N–H and O–H groups in total. The highest BCUT2D eigenvalue weighted by Crippen LogP contribution is 2.14. The van der Waals surface area contributed by atoms with Crippen LogP contribution in [0, 0.1) is 5.92 Å². The smallest absolute Gasteiger partial charge is 0.306 e. The zero-order chi connectivity index (χ0) is 14.5. The lowest BCUT2D eigenvalue weighted by atomic mass is 9.96. The molecule has 2 aromatic carbocycles. The third-order valence-corrected chi connectivity index (χ3v) is 3.19. The monoisotopic (exact) mass is 268 g/mol. The maximum atomic E-state index is 12.3. The number of rotatable bonds is 5. The van der Waals surface area contributed by atoms with Crippen LogP contribution in [0.25, 0.3) is 0 Å². The van der Waals surface area contributed by atoms with Crippen molar-refractivity contribution in [2.24, 2.45) is 5.92 Å². The lowest BCUT2D eigenvalue weighted by molar-refractivity contribution is -0.141. The summed E-state index contributed by atoms with van der Waals surface area (Å²) in [6, 6.07) is 16.2. The molecule has 1 atom stereocenters. The Morgan fingerprint density at radius 2 is 1.65 bits per heavy atom. The summed E-state index contributed by atoms with van der Waals surface area (Å²) in [6.07, 6.45) is 0.422. The molecule has 0 aliphatic heterocycles. The molecular weight excluding hydrogens is 252 g/mol. The van der Waals surface area contributed by atoms with Crippen molar-refractivity contribution in [2.75, 3.05) is 0 Å². The molecule has 0 heterocycles. The standard InChI is InChI=1S/C17H16O3/c1-12(17(19)20)10-13-6-5-9-15(11-13)16(18)14-7-3-2-4-8-14/h2-9,11-12H,10H2,1H3,(H,19,20). The summed E-state index contributed by atoms with van der Waals surface area (Å²) in [5.41, 5.74) is 2.09. The van der Waals surface area contributed by atoms with Gasteiger partial charge >= 0.3 is 5.97 Å². The fourth-order valence-electron chi connectivity index (χ4n) is 2.04. The van der Waals surface area contributed by atoms with Gasteiger partial charge in [0.15, 0.2) is 5.78 Å². The lowest BCUT2D eigenvalue weighted by Crippen LogP contribution is -2.12. The highest BCUT2D eigenvalue weighted by molar-refractivity contribution is 6.09. The summed E-state index contributed by atoms with van der Waals surface area (Å²) in [5.74, 6) is -1.34. The predicted octanol–water partition coefficient (Wildman–Crippen LogP) is 3.18.